The van der Waals surface area contributed by atoms with Crippen molar-refractivity contribution in [1.82, 2.24) is 0 Å². The fourth-order valence-corrected chi connectivity index (χ4v) is 3.12. The van der Waals surface area contributed by atoms with Crippen LogP contribution in [0.15, 0.2) is 48.5 Å². The van der Waals surface area contributed by atoms with E-state index in [9.17, 15) is 13.2 Å². The third-order valence-corrected chi connectivity index (χ3v) is 4.08. The summed E-state index contributed by atoms with van der Waals surface area (Å²) in [6.45, 7) is 0. The Morgan fingerprint density at radius 2 is 1.67 bits per heavy atom. The van der Waals surface area contributed by atoms with E-state index in [1.807, 2.05) is 0 Å². The van der Waals surface area contributed by atoms with Crippen LogP contribution in [0.1, 0.15) is 15.9 Å². The van der Waals surface area contributed by atoms with Gasteiger partial charge >= 0.3 is 0 Å². The number of rotatable bonds is 5. The molecule has 0 aliphatic heterocycles. The zero-order chi connectivity index (χ0) is 15.5. The summed E-state index contributed by atoms with van der Waals surface area (Å²) >= 11 is 0. The second-order valence-electron chi connectivity index (χ2n) is 4.47. The summed E-state index contributed by atoms with van der Waals surface area (Å²) in [5.74, 6) is -0.986. The number of hydrogen-bond donors (Lipinski definition) is 3. The van der Waals surface area contributed by atoms with Crippen LogP contribution in [0.5, 0.6) is 0 Å². The van der Waals surface area contributed by atoms with Crippen LogP contribution in [0.2, 0.25) is 0 Å². The van der Waals surface area contributed by atoms with Gasteiger partial charge in [-0.2, -0.15) is 0 Å². The second-order valence-corrected chi connectivity index (χ2v) is 6.19. The molecule has 6 nitrogen and oxygen atoms in total. The minimum atomic E-state index is -3.70. The number of nitrogens with one attached hydrogen (secondary N) is 1. The molecule has 0 heterocycles. The van der Waals surface area contributed by atoms with Gasteiger partial charge in [0.05, 0.1) is 17.0 Å². The quantitative estimate of drug-likeness (QED) is 0.722. The molecule has 0 bridgehead atoms. The van der Waals surface area contributed by atoms with E-state index >= 15 is 0 Å². The third-order valence-electron chi connectivity index (χ3n) is 2.86. The topological polar surface area (TPSA) is 115 Å². The normalized spacial score (nSPS) is 11.0. The smallest absolute Gasteiger partial charge is 0.250 e. The molecule has 0 spiro atoms. The maximum Gasteiger partial charge on any atom is 0.250 e. The summed E-state index contributed by atoms with van der Waals surface area (Å²) < 4.78 is 26.7. The van der Waals surface area contributed by atoms with Crippen molar-refractivity contribution in [2.24, 2.45) is 5.73 Å². The van der Waals surface area contributed by atoms with Gasteiger partial charge in [-0.1, -0.05) is 30.3 Å². The number of benzene rings is 2. The molecular formula is C14H15N3O3S. The van der Waals surface area contributed by atoms with Gasteiger partial charge in [0.1, 0.15) is 0 Å². The first kappa shape index (κ1) is 14.9. The molecule has 2 aromatic carbocycles. The summed E-state index contributed by atoms with van der Waals surface area (Å²) in [5, 5.41) is 0. The maximum absolute atomic E-state index is 12.2. The molecule has 0 aliphatic carbocycles. The van der Waals surface area contributed by atoms with E-state index in [4.69, 9.17) is 11.5 Å². The lowest BCUT2D eigenvalue weighted by Gasteiger charge is -2.11. The first-order valence-corrected chi connectivity index (χ1v) is 7.77. The summed E-state index contributed by atoms with van der Waals surface area (Å²) in [7, 11) is -3.70. The van der Waals surface area contributed by atoms with Crippen molar-refractivity contribution in [2.45, 2.75) is 5.75 Å². The zero-order valence-electron chi connectivity index (χ0n) is 11.1. The van der Waals surface area contributed by atoms with E-state index < -0.39 is 15.9 Å². The second kappa shape index (κ2) is 5.84. The number of carbonyl (C=O) groups excluding carboxylic acids is 1. The van der Waals surface area contributed by atoms with Crippen LogP contribution < -0.4 is 16.2 Å². The number of primary amides is 1. The number of amides is 1. The molecule has 0 aliphatic rings. The standard InChI is InChI=1S/C14H15N3O3S/c15-12-7-3-1-5-10(12)9-21(19,20)17-13-8-4-2-6-11(13)14(16)18/h1-8,17H,9,15H2,(H2,16,18). The predicted octanol–water partition coefficient (Wildman–Crippen LogP) is 1.31. The minimum Gasteiger partial charge on any atom is -0.398 e. The SMILES string of the molecule is NC(=O)c1ccccc1NS(=O)(=O)Cc1ccccc1N. The van der Waals surface area contributed by atoms with Crippen molar-refractivity contribution in [3.05, 3.63) is 59.7 Å². The van der Waals surface area contributed by atoms with Crippen LogP contribution >= 0.6 is 0 Å². The number of para-hydroxylation sites is 2. The molecule has 0 saturated heterocycles. The van der Waals surface area contributed by atoms with Gasteiger partial charge in [0, 0.05) is 5.69 Å². The highest BCUT2D eigenvalue weighted by Crippen LogP contribution is 2.19. The Kier molecular flexibility index (Phi) is 4.13. The van der Waals surface area contributed by atoms with E-state index in [0.717, 1.165) is 0 Å². The van der Waals surface area contributed by atoms with Gasteiger partial charge in [0.25, 0.3) is 5.91 Å². The third kappa shape index (κ3) is 3.73. The van der Waals surface area contributed by atoms with E-state index in [-0.39, 0.29) is 17.0 Å². The number of hydrogen-bond acceptors (Lipinski definition) is 4. The van der Waals surface area contributed by atoms with Crippen LogP contribution in [-0.4, -0.2) is 14.3 Å². The van der Waals surface area contributed by atoms with Crippen molar-refractivity contribution in [2.75, 3.05) is 10.5 Å². The highest BCUT2D eigenvalue weighted by Gasteiger charge is 2.16. The number of sulfonamides is 1. The highest BCUT2D eigenvalue weighted by atomic mass is 32.2. The highest BCUT2D eigenvalue weighted by molar-refractivity contribution is 7.91. The predicted molar refractivity (Wildman–Crippen MR) is 82.1 cm³/mol. The van der Waals surface area contributed by atoms with Gasteiger partial charge in [-0.15, -0.1) is 0 Å². The zero-order valence-corrected chi connectivity index (χ0v) is 11.9. The summed E-state index contributed by atoms with van der Waals surface area (Å²) in [6, 6.07) is 12.8. The fourth-order valence-electron chi connectivity index (χ4n) is 1.86. The number of nitrogens with two attached hydrogens (primary N) is 2. The molecule has 0 atom stereocenters. The van der Waals surface area contributed by atoms with Gasteiger partial charge in [0.2, 0.25) is 10.0 Å². The molecule has 1 amide bonds. The Balaban J connectivity index is 2.27. The lowest BCUT2D eigenvalue weighted by molar-refractivity contribution is 0.100. The van der Waals surface area contributed by atoms with E-state index in [0.29, 0.717) is 11.3 Å². The molecule has 0 fully saturated rings. The Bertz CT molecular complexity index is 773. The Hall–Kier alpha value is -2.54. The first-order valence-electron chi connectivity index (χ1n) is 6.12. The Morgan fingerprint density at radius 1 is 1.05 bits per heavy atom. The number of anilines is 2. The molecule has 110 valence electrons. The lowest BCUT2D eigenvalue weighted by atomic mass is 10.2. The van der Waals surface area contributed by atoms with Gasteiger partial charge in [-0.3, -0.25) is 9.52 Å². The summed E-state index contributed by atoms with van der Waals surface area (Å²) in [5.41, 5.74) is 12.1. The molecule has 7 heteroatoms. The minimum absolute atomic E-state index is 0.113. The number of carbonyl (C=O) groups is 1. The van der Waals surface area contributed by atoms with Gasteiger partial charge in [-0.05, 0) is 23.8 Å². The van der Waals surface area contributed by atoms with Crippen molar-refractivity contribution in [3.63, 3.8) is 0 Å². The molecule has 0 saturated carbocycles. The molecule has 0 aromatic heterocycles. The monoisotopic (exact) mass is 305 g/mol. The van der Waals surface area contributed by atoms with E-state index in [1.165, 1.54) is 12.1 Å². The van der Waals surface area contributed by atoms with Gasteiger partial charge in [-0.25, -0.2) is 8.42 Å². The molecule has 5 N–H and O–H groups in total. The van der Waals surface area contributed by atoms with Crippen LogP contribution in [0.3, 0.4) is 0 Å². The molecule has 21 heavy (non-hydrogen) atoms. The van der Waals surface area contributed by atoms with Crippen LogP contribution in [-0.2, 0) is 15.8 Å². The average molecular weight is 305 g/mol. The molecular weight excluding hydrogens is 290 g/mol. The van der Waals surface area contributed by atoms with Gasteiger partial charge < -0.3 is 11.5 Å². The molecule has 0 unspecified atom stereocenters. The van der Waals surface area contributed by atoms with Crippen molar-refractivity contribution < 1.29 is 13.2 Å². The van der Waals surface area contributed by atoms with Crippen LogP contribution in [0, 0.1) is 0 Å². The van der Waals surface area contributed by atoms with Crippen LogP contribution in [0.4, 0.5) is 11.4 Å². The molecule has 0 radical (unpaired) electrons. The summed E-state index contributed by atoms with van der Waals surface area (Å²) in [4.78, 5) is 11.3. The Labute approximate surface area is 122 Å². The largest absolute Gasteiger partial charge is 0.398 e. The molecule has 2 aromatic rings. The maximum atomic E-state index is 12.2. The average Bonchev–Trinajstić information content (AvgIpc) is 2.41. The van der Waals surface area contributed by atoms with Crippen molar-refractivity contribution >= 4 is 27.3 Å². The fraction of sp³-hybridized carbons (Fsp3) is 0.0714. The van der Waals surface area contributed by atoms with E-state index in [1.54, 1.807) is 36.4 Å². The summed E-state index contributed by atoms with van der Waals surface area (Å²) in [6.07, 6.45) is 0. The van der Waals surface area contributed by atoms with E-state index in [2.05, 4.69) is 4.72 Å². The lowest BCUT2D eigenvalue weighted by Crippen LogP contribution is -2.20. The van der Waals surface area contributed by atoms with Crippen molar-refractivity contribution in [3.8, 4) is 0 Å². The number of nitrogen functional groups attached to an aromatic ring is 1. The van der Waals surface area contributed by atoms with Crippen LogP contribution in [0.25, 0.3) is 0 Å². The van der Waals surface area contributed by atoms with Crippen molar-refractivity contribution in [1.29, 1.82) is 0 Å². The Morgan fingerprint density at radius 3 is 2.33 bits per heavy atom. The van der Waals surface area contributed by atoms with Gasteiger partial charge in [0.15, 0.2) is 0 Å². The first-order chi connectivity index (χ1) is 9.89. The molecule has 2 rings (SSSR count).